The van der Waals surface area contributed by atoms with E-state index in [9.17, 15) is 9.59 Å². The van der Waals surface area contributed by atoms with Crippen molar-refractivity contribution in [3.8, 4) is 0 Å². The second-order valence-electron chi connectivity index (χ2n) is 7.20. The van der Waals surface area contributed by atoms with Gasteiger partial charge in [-0.05, 0) is 68.4 Å². The first-order valence-electron chi connectivity index (χ1n) is 9.16. The van der Waals surface area contributed by atoms with Gasteiger partial charge in [0.15, 0.2) is 4.77 Å². The number of aromatic nitrogens is 2. The van der Waals surface area contributed by atoms with Crippen molar-refractivity contribution in [3.63, 3.8) is 0 Å². The predicted octanol–water partition coefficient (Wildman–Crippen LogP) is 4.30. The zero-order chi connectivity index (χ0) is 18.7. The molecule has 1 saturated carbocycles. The summed E-state index contributed by atoms with van der Waals surface area (Å²) in [5.74, 6) is 0.834. The molecule has 1 aromatic heterocycles. The Bertz CT molecular complexity index is 913. The van der Waals surface area contributed by atoms with Gasteiger partial charge in [-0.3, -0.25) is 14.2 Å². The van der Waals surface area contributed by atoms with E-state index in [-0.39, 0.29) is 11.5 Å². The summed E-state index contributed by atoms with van der Waals surface area (Å²) in [4.78, 5) is 27.9. The van der Waals surface area contributed by atoms with E-state index >= 15 is 0 Å². The molecule has 2 aromatic rings. The fraction of sp³-hybridized carbons (Fsp3) is 0.526. The molecule has 1 aromatic carbocycles. The van der Waals surface area contributed by atoms with Crippen LogP contribution in [0.25, 0.3) is 10.9 Å². The number of fused-ring (bicyclic) bond motifs is 1. The number of amides is 1. The lowest BCUT2D eigenvalue weighted by Crippen LogP contribution is -2.37. The fourth-order valence-electron chi connectivity index (χ4n) is 3.53. The van der Waals surface area contributed by atoms with E-state index in [1.165, 1.54) is 12.8 Å². The van der Waals surface area contributed by atoms with Gasteiger partial charge in [0, 0.05) is 23.5 Å². The van der Waals surface area contributed by atoms with Crippen LogP contribution in [0, 0.1) is 10.7 Å². The van der Waals surface area contributed by atoms with Gasteiger partial charge in [-0.1, -0.05) is 22.9 Å². The van der Waals surface area contributed by atoms with Crippen molar-refractivity contribution < 1.29 is 4.79 Å². The summed E-state index contributed by atoms with van der Waals surface area (Å²) < 4.78 is 2.78. The van der Waals surface area contributed by atoms with Gasteiger partial charge in [-0.25, -0.2) is 0 Å². The van der Waals surface area contributed by atoms with E-state index in [1.807, 2.05) is 12.1 Å². The highest BCUT2D eigenvalue weighted by molar-refractivity contribution is 9.10. The zero-order valence-electron chi connectivity index (χ0n) is 14.9. The molecule has 0 radical (unpaired) electrons. The van der Waals surface area contributed by atoms with E-state index in [0.717, 1.165) is 28.7 Å². The van der Waals surface area contributed by atoms with Crippen LogP contribution in [-0.4, -0.2) is 21.5 Å². The number of hydrogen-bond donors (Lipinski definition) is 2. The third kappa shape index (κ3) is 4.62. The van der Waals surface area contributed by atoms with Crippen LogP contribution >= 0.6 is 28.1 Å². The molecule has 0 atom stereocenters. The number of nitrogens with one attached hydrogen (secondary N) is 2. The molecule has 0 bridgehead atoms. The Morgan fingerprint density at radius 1 is 1.35 bits per heavy atom. The molecule has 26 heavy (non-hydrogen) atoms. The Morgan fingerprint density at radius 2 is 2.08 bits per heavy atom. The Labute approximate surface area is 166 Å². The van der Waals surface area contributed by atoms with Crippen LogP contribution in [0.5, 0.6) is 0 Å². The number of hydrogen-bond acceptors (Lipinski definition) is 3. The first-order chi connectivity index (χ1) is 12.4. The lowest BCUT2D eigenvalue weighted by molar-refractivity contribution is -0.122. The third-order valence-corrected chi connectivity index (χ3v) is 5.93. The Morgan fingerprint density at radius 3 is 2.81 bits per heavy atom. The van der Waals surface area contributed by atoms with Crippen molar-refractivity contribution in [2.24, 2.45) is 5.92 Å². The largest absolute Gasteiger partial charge is 0.353 e. The lowest BCUT2D eigenvalue weighted by Gasteiger charge is -2.26. The van der Waals surface area contributed by atoms with Gasteiger partial charge in [0.25, 0.3) is 5.56 Å². The summed E-state index contributed by atoms with van der Waals surface area (Å²) in [5.41, 5.74) is 0.607. The molecule has 1 aliphatic carbocycles. The minimum absolute atomic E-state index is 0.0658. The molecule has 1 heterocycles. The van der Waals surface area contributed by atoms with Crippen molar-refractivity contribution >= 4 is 45.0 Å². The Hall–Kier alpha value is -1.47. The van der Waals surface area contributed by atoms with E-state index in [0.29, 0.717) is 35.6 Å². The Balaban J connectivity index is 1.60. The first-order valence-corrected chi connectivity index (χ1v) is 10.4. The van der Waals surface area contributed by atoms with Crippen molar-refractivity contribution in [1.29, 1.82) is 0 Å². The van der Waals surface area contributed by atoms with Crippen molar-refractivity contribution in [2.45, 2.75) is 58.0 Å². The summed E-state index contributed by atoms with van der Waals surface area (Å²) in [6, 6.07) is 5.80. The van der Waals surface area contributed by atoms with Crippen LogP contribution in [-0.2, 0) is 11.3 Å². The number of H-pyrrole nitrogens is 1. The molecule has 3 rings (SSSR count). The van der Waals surface area contributed by atoms with E-state index in [2.05, 4.69) is 33.2 Å². The van der Waals surface area contributed by atoms with Crippen LogP contribution in [0.15, 0.2) is 27.5 Å². The highest BCUT2D eigenvalue weighted by Crippen LogP contribution is 2.23. The SMILES string of the molecule is CC1CCC(NC(=O)CCCn2c(=S)[nH]c3ccc(Br)cc3c2=O)CC1. The van der Waals surface area contributed by atoms with Gasteiger partial charge in [-0.15, -0.1) is 0 Å². The number of carbonyl (C=O) groups is 1. The van der Waals surface area contributed by atoms with Gasteiger partial charge < -0.3 is 10.3 Å². The molecule has 0 unspecified atom stereocenters. The molecule has 140 valence electrons. The molecule has 0 aliphatic heterocycles. The van der Waals surface area contributed by atoms with Crippen molar-refractivity contribution in [2.75, 3.05) is 0 Å². The van der Waals surface area contributed by atoms with E-state index in [4.69, 9.17) is 12.2 Å². The topological polar surface area (TPSA) is 66.9 Å². The summed E-state index contributed by atoms with van der Waals surface area (Å²) in [7, 11) is 0. The number of rotatable bonds is 5. The van der Waals surface area contributed by atoms with Crippen LogP contribution in [0.3, 0.4) is 0 Å². The van der Waals surface area contributed by atoms with Gasteiger partial charge in [-0.2, -0.15) is 0 Å². The fourth-order valence-corrected chi connectivity index (χ4v) is 4.17. The molecule has 1 amide bonds. The third-order valence-electron chi connectivity index (χ3n) is 5.11. The van der Waals surface area contributed by atoms with Crippen LogP contribution < -0.4 is 10.9 Å². The molecule has 1 fully saturated rings. The molecule has 2 N–H and O–H groups in total. The number of benzene rings is 1. The second-order valence-corrected chi connectivity index (χ2v) is 8.51. The first kappa shape index (κ1) is 19.3. The maximum Gasteiger partial charge on any atom is 0.262 e. The van der Waals surface area contributed by atoms with Gasteiger partial charge in [0.05, 0.1) is 10.9 Å². The number of nitrogens with zero attached hydrogens (tertiary/aromatic N) is 1. The standard InChI is InChI=1S/C19H24BrN3O2S/c1-12-4-7-14(8-5-12)21-17(24)3-2-10-23-18(25)15-11-13(20)6-9-16(15)22-19(23)26/h6,9,11-12,14H,2-5,7-8,10H2,1H3,(H,21,24)(H,22,26). The summed E-state index contributed by atoms with van der Waals surface area (Å²) in [6.07, 6.45) is 5.49. The average Bonchev–Trinajstić information content (AvgIpc) is 2.60. The molecule has 0 saturated heterocycles. The van der Waals surface area contributed by atoms with Crippen LogP contribution in [0.4, 0.5) is 0 Å². The lowest BCUT2D eigenvalue weighted by atomic mass is 9.87. The van der Waals surface area contributed by atoms with Gasteiger partial charge >= 0.3 is 0 Å². The van der Waals surface area contributed by atoms with Crippen molar-refractivity contribution in [1.82, 2.24) is 14.9 Å². The maximum atomic E-state index is 12.7. The number of halogens is 1. The zero-order valence-corrected chi connectivity index (χ0v) is 17.3. The van der Waals surface area contributed by atoms with Crippen LogP contribution in [0.2, 0.25) is 0 Å². The highest BCUT2D eigenvalue weighted by atomic mass is 79.9. The monoisotopic (exact) mass is 437 g/mol. The normalized spacial score (nSPS) is 20.2. The summed E-state index contributed by atoms with van der Waals surface area (Å²) >= 11 is 8.71. The molecule has 1 aliphatic rings. The van der Waals surface area contributed by atoms with E-state index < -0.39 is 0 Å². The molecular formula is C19H24BrN3O2S. The molecule has 7 heteroatoms. The van der Waals surface area contributed by atoms with Crippen molar-refractivity contribution in [3.05, 3.63) is 37.8 Å². The van der Waals surface area contributed by atoms with E-state index in [1.54, 1.807) is 10.6 Å². The quantitative estimate of drug-likeness (QED) is 0.685. The maximum absolute atomic E-state index is 12.7. The molecular weight excluding hydrogens is 414 g/mol. The predicted molar refractivity (Wildman–Crippen MR) is 110 cm³/mol. The summed E-state index contributed by atoms with van der Waals surface area (Å²) in [6.45, 7) is 2.70. The average molecular weight is 438 g/mol. The number of carbonyl (C=O) groups excluding carboxylic acids is 1. The number of aromatic amines is 1. The summed E-state index contributed by atoms with van der Waals surface area (Å²) in [5, 5.41) is 3.72. The Kier molecular flexibility index (Phi) is 6.29. The minimum Gasteiger partial charge on any atom is -0.353 e. The van der Waals surface area contributed by atoms with Gasteiger partial charge in [0.2, 0.25) is 5.91 Å². The highest BCUT2D eigenvalue weighted by Gasteiger charge is 2.19. The van der Waals surface area contributed by atoms with Crippen LogP contribution in [0.1, 0.15) is 45.4 Å². The van der Waals surface area contributed by atoms with Gasteiger partial charge in [0.1, 0.15) is 0 Å². The molecule has 0 spiro atoms. The minimum atomic E-state index is -0.119. The smallest absolute Gasteiger partial charge is 0.262 e. The second kappa shape index (κ2) is 8.48. The molecule has 5 nitrogen and oxygen atoms in total.